The summed E-state index contributed by atoms with van der Waals surface area (Å²) in [6.07, 6.45) is 3.59. The average molecular weight is 454 g/mol. The Hall–Kier alpha value is -3.97. The van der Waals surface area contributed by atoms with Gasteiger partial charge in [-0.25, -0.2) is 9.67 Å². The van der Waals surface area contributed by atoms with Crippen LogP contribution < -0.4 is 10.2 Å². The van der Waals surface area contributed by atoms with Crippen molar-refractivity contribution < 1.29 is 9.53 Å². The molecule has 1 aliphatic rings. The zero-order chi connectivity index (χ0) is 23.3. The van der Waals surface area contributed by atoms with Crippen LogP contribution in [0.25, 0.3) is 16.9 Å². The van der Waals surface area contributed by atoms with Gasteiger partial charge in [-0.15, -0.1) is 0 Å². The van der Waals surface area contributed by atoms with E-state index in [1.165, 1.54) is 5.56 Å². The summed E-state index contributed by atoms with van der Waals surface area (Å²) in [5.74, 6) is 0.745. The van der Waals surface area contributed by atoms with Gasteiger partial charge in [0.05, 0.1) is 24.5 Å². The van der Waals surface area contributed by atoms with E-state index in [1.54, 1.807) is 17.1 Å². The molecule has 0 unspecified atom stereocenters. The molecule has 4 aromatic rings. The highest BCUT2D eigenvalue weighted by Gasteiger charge is 2.19. The Bertz CT molecular complexity index is 1260. The van der Waals surface area contributed by atoms with E-state index in [9.17, 15) is 4.79 Å². The molecule has 1 saturated heterocycles. The van der Waals surface area contributed by atoms with E-state index in [1.807, 2.05) is 73.7 Å². The highest BCUT2D eigenvalue weighted by atomic mass is 16.5. The molecule has 1 amide bonds. The predicted octanol–water partition coefficient (Wildman–Crippen LogP) is 4.01. The molecule has 0 radical (unpaired) electrons. The lowest BCUT2D eigenvalue weighted by molar-refractivity contribution is 0.0951. The molecule has 0 spiro atoms. The highest BCUT2D eigenvalue weighted by Crippen LogP contribution is 2.24. The van der Waals surface area contributed by atoms with E-state index in [4.69, 9.17) is 9.84 Å². The number of morpholine rings is 1. The maximum absolute atomic E-state index is 13.3. The summed E-state index contributed by atoms with van der Waals surface area (Å²) < 4.78 is 7.20. The minimum absolute atomic E-state index is 0.165. The summed E-state index contributed by atoms with van der Waals surface area (Å²) in [5.41, 5.74) is 5.17. The molecular formula is C27H27N5O2. The Morgan fingerprint density at radius 2 is 1.79 bits per heavy atom. The van der Waals surface area contributed by atoms with Gasteiger partial charge in [-0.2, -0.15) is 5.10 Å². The number of benzene rings is 2. The molecule has 2 aromatic carbocycles. The van der Waals surface area contributed by atoms with E-state index in [2.05, 4.69) is 15.2 Å². The molecule has 7 heteroatoms. The van der Waals surface area contributed by atoms with Crippen molar-refractivity contribution in [2.75, 3.05) is 31.2 Å². The molecule has 1 aliphatic heterocycles. The van der Waals surface area contributed by atoms with Crippen molar-refractivity contribution in [3.8, 4) is 16.9 Å². The predicted molar refractivity (Wildman–Crippen MR) is 132 cm³/mol. The summed E-state index contributed by atoms with van der Waals surface area (Å²) in [5, 5.41) is 7.83. The topological polar surface area (TPSA) is 72.3 Å². The highest BCUT2D eigenvalue weighted by molar-refractivity contribution is 5.99. The lowest BCUT2D eigenvalue weighted by atomic mass is 10.1. The fourth-order valence-electron chi connectivity index (χ4n) is 3.99. The van der Waals surface area contributed by atoms with E-state index in [0.29, 0.717) is 31.0 Å². The number of aromatic nitrogens is 3. The second kappa shape index (κ2) is 9.89. The van der Waals surface area contributed by atoms with Gasteiger partial charge in [-0.1, -0.05) is 48.0 Å². The largest absolute Gasteiger partial charge is 0.378 e. The first-order chi connectivity index (χ1) is 16.7. The molecule has 0 atom stereocenters. The fourth-order valence-corrected chi connectivity index (χ4v) is 3.99. The van der Waals surface area contributed by atoms with Gasteiger partial charge < -0.3 is 15.0 Å². The number of nitrogens with one attached hydrogen (secondary N) is 1. The molecule has 3 heterocycles. The van der Waals surface area contributed by atoms with Gasteiger partial charge in [0, 0.05) is 37.6 Å². The molecule has 1 N–H and O–H groups in total. The number of aryl methyl sites for hydroxylation is 1. The van der Waals surface area contributed by atoms with Gasteiger partial charge in [-0.3, -0.25) is 4.79 Å². The molecule has 172 valence electrons. The molecule has 1 fully saturated rings. The van der Waals surface area contributed by atoms with E-state index in [0.717, 1.165) is 35.7 Å². The van der Waals surface area contributed by atoms with E-state index in [-0.39, 0.29) is 5.91 Å². The van der Waals surface area contributed by atoms with Gasteiger partial charge in [0.25, 0.3) is 5.91 Å². The molecular weight excluding hydrogens is 426 g/mol. The molecule has 7 nitrogen and oxygen atoms in total. The first-order valence-electron chi connectivity index (χ1n) is 11.5. The van der Waals surface area contributed by atoms with Crippen LogP contribution in [0, 0.1) is 6.92 Å². The first kappa shape index (κ1) is 21.9. The van der Waals surface area contributed by atoms with Crippen LogP contribution in [0.5, 0.6) is 0 Å². The van der Waals surface area contributed by atoms with Gasteiger partial charge in [-0.05, 0) is 36.8 Å². The number of hydrogen-bond acceptors (Lipinski definition) is 5. The Morgan fingerprint density at radius 3 is 2.56 bits per heavy atom. The van der Waals surface area contributed by atoms with Crippen LogP contribution in [0.3, 0.4) is 0 Å². The minimum Gasteiger partial charge on any atom is -0.378 e. The average Bonchev–Trinajstić information content (AvgIpc) is 3.35. The Morgan fingerprint density at radius 1 is 1.03 bits per heavy atom. The smallest absolute Gasteiger partial charge is 0.255 e. The van der Waals surface area contributed by atoms with Gasteiger partial charge in [0.15, 0.2) is 0 Å². The number of hydrogen-bond donors (Lipinski definition) is 1. The lowest BCUT2D eigenvalue weighted by Gasteiger charge is -2.28. The summed E-state index contributed by atoms with van der Waals surface area (Å²) in [6.45, 7) is 5.50. The second-order valence-electron chi connectivity index (χ2n) is 8.34. The minimum atomic E-state index is -0.165. The number of carbonyl (C=O) groups excluding carboxylic acids is 1. The molecule has 0 aliphatic carbocycles. The van der Waals surface area contributed by atoms with Crippen molar-refractivity contribution in [2.45, 2.75) is 13.5 Å². The number of anilines is 1. The van der Waals surface area contributed by atoms with Gasteiger partial charge in [0.2, 0.25) is 0 Å². The maximum atomic E-state index is 13.3. The van der Waals surface area contributed by atoms with Crippen LogP contribution in [0.2, 0.25) is 0 Å². The van der Waals surface area contributed by atoms with Gasteiger partial charge >= 0.3 is 0 Å². The number of nitrogens with zero attached hydrogens (tertiary/aromatic N) is 4. The number of carbonyl (C=O) groups is 1. The maximum Gasteiger partial charge on any atom is 0.255 e. The molecule has 2 aromatic heterocycles. The normalized spacial score (nSPS) is 13.6. The van der Waals surface area contributed by atoms with E-state index < -0.39 is 0 Å². The van der Waals surface area contributed by atoms with Crippen molar-refractivity contribution in [2.24, 2.45) is 0 Å². The molecule has 0 saturated carbocycles. The summed E-state index contributed by atoms with van der Waals surface area (Å²) in [7, 11) is 0. The second-order valence-corrected chi connectivity index (χ2v) is 8.34. The zero-order valence-electron chi connectivity index (χ0n) is 19.1. The van der Waals surface area contributed by atoms with Crippen LogP contribution in [-0.4, -0.2) is 47.0 Å². The van der Waals surface area contributed by atoms with Gasteiger partial charge in [0.1, 0.15) is 11.5 Å². The number of amides is 1. The number of pyridine rings is 1. The first-order valence-corrected chi connectivity index (χ1v) is 11.5. The number of rotatable bonds is 6. The lowest BCUT2D eigenvalue weighted by Crippen LogP contribution is -2.36. The van der Waals surface area contributed by atoms with Crippen LogP contribution >= 0.6 is 0 Å². The van der Waals surface area contributed by atoms with Crippen molar-refractivity contribution in [1.29, 1.82) is 0 Å². The monoisotopic (exact) mass is 453 g/mol. The zero-order valence-corrected chi connectivity index (χ0v) is 19.1. The van der Waals surface area contributed by atoms with Crippen LogP contribution in [-0.2, 0) is 11.3 Å². The SMILES string of the molecule is Cc1ccc(-n2cc(C(=O)NCc3ccnc(N4CCOCC4)c3)c(-c3ccccc3)n2)cc1. The molecule has 5 rings (SSSR count). The third-order valence-electron chi connectivity index (χ3n) is 5.90. The van der Waals surface area contributed by atoms with Crippen molar-refractivity contribution in [3.05, 3.63) is 95.8 Å². The summed E-state index contributed by atoms with van der Waals surface area (Å²) in [6, 6.07) is 21.8. The Labute approximate surface area is 199 Å². The van der Waals surface area contributed by atoms with Crippen LogP contribution in [0.1, 0.15) is 21.5 Å². The standard InChI is InChI=1S/C27H27N5O2/c1-20-7-9-23(10-8-20)32-19-24(26(30-32)22-5-3-2-4-6-22)27(33)29-18-21-11-12-28-25(17-21)31-13-15-34-16-14-31/h2-12,17,19H,13-16,18H2,1H3,(H,29,33). The van der Waals surface area contributed by atoms with Crippen molar-refractivity contribution in [1.82, 2.24) is 20.1 Å². The van der Waals surface area contributed by atoms with Crippen LogP contribution in [0.4, 0.5) is 5.82 Å². The van der Waals surface area contributed by atoms with Crippen molar-refractivity contribution >= 4 is 11.7 Å². The Kier molecular flexibility index (Phi) is 6.35. The Balaban J connectivity index is 1.38. The molecule has 0 bridgehead atoms. The third kappa shape index (κ3) is 4.84. The van der Waals surface area contributed by atoms with Crippen LogP contribution in [0.15, 0.2) is 79.1 Å². The summed E-state index contributed by atoms with van der Waals surface area (Å²) >= 11 is 0. The van der Waals surface area contributed by atoms with Crippen molar-refractivity contribution in [3.63, 3.8) is 0 Å². The van der Waals surface area contributed by atoms with E-state index >= 15 is 0 Å². The number of ether oxygens (including phenoxy) is 1. The quantitative estimate of drug-likeness (QED) is 0.478. The fraction of sp³-hybridized carbons (Fsp3) is 0.222. The summed E-state index contributed by atoms with van der Waals surface area (Å²) in [4.78, 5) is 20.0. The third-order valence-corrected chi connectivity index (χ3v) is 5.90. The molecule has 34 heavy (non-hydrogen) atoms.